The van der Waals surface area contributed by atoms with E-state index in [-0.39, 0.29) is 29.1 Å². The van der Waals surface area contributed by atoms with Gasteiger partial charge in [-0.25, -0.2) is 0 Å². The number of aliphatic hydroxyl groups excluding tert-OH is 2. The van der Waals surface area contributed by atoms with Crippen molar-refractivity contribution in [2.24, 2.45) is 46.7 Å². The highest BCUT2D eigenvalue weighted by Gasteiger charge is 2.60. The second-order valence-electron chi connectivity index (χ2n) is 8.85. The molecule has 0 radical (unpaired) electrons. The minimum atomic E-state index is -0.418. The first-order chi connectivity index (χ1) is 11.3. The number of hydrogen-bond acceptors (Lipinski definition) is 3. The third-order valence-electron chi connectivity index (χ3n) is 7.87. The van der Waals surface area contributed by atoms with E-state index in [1.165, 1.54) is 0 Å². The van der Waals surface area contributed by atoms with Crippen molar-refractivity contribution in [2.45, 2.75) is 52.1 Å². The van der Waals surface area contributed by atoms with Gasteiger partial charge in [0.05, 0.1) is 6.10 Å². The zero-order chi connectivity index (χ0) is 17.2. The summed E-state index contributed by atoms with van der Waals surface area (Å²) in [4.78, 5) is 11.9. The standard InChI is InChI=1S/C20H29NO3/c1-10-3-8-15(22)12-5-4-11-13-6-7-14(19(21)24)20(13,2)9-16(23)18(11)17(10)12/h3,8,10-11,13-14,16-18,22-23H,4-7,9H2,1-2H3,(H2,21,24)/t10?,11?,13?,14-,16+,17?,18?,20+/m1/s1. The molecule has 4 nitrogen and oxygen atoms in total. The van der Waals surface area contributed by atoms with E-state index >= 15 is 0 Å². The summed E-state index contributed by atoms with van der Waals surface area (Å²) in [6, 6.07) is 0. The summed E-state index contributed by atoms with van der Waals surface area (Å²) in [6.45, 7) is 4.37. The summed E-state index contributed by atoms with van der Waals surface area (Å²) < 4.78 is 0. The maximum absolute atomic E-state index is 11.9. The van der Waals surface area contributed by atoms with Gasteiger partial charge in [-0.15, -0.1) is 0 Å². The molecule has 0 aromatic heterocycles. The van der Waals surface area contributed by atoms with Crippen LogP contribution in [0.4, 0.5) is 0 Å². The number of primary amides is 1. The van der Waals surface area contributed by atoms with E-state index in [0.717, 1.165) is 31.3 Å². The van der Waals surface area contributed by atoms with Crippen molar-refractivity contribution in [2.75, 3.05) is 0 Å². The van der Waals surface area contributed by atoms with E-state index in [2.05, 4.69) is 19.9 Å². The minimum absolute atomic E-state index is 0.105. The molecule has 0 aliphatic heterocycles. The highest BCUT2D eigenvalue weighted by atomic mass is 16.3. The Labute approximate surface area is 143 Å². The lowest BCUT2D eigenvalue weighted by molar-refractivity contribution is -0.136. The second kappa shape index (κ2) is 5.35. The van der Waals surface area contributed by atoms with Gasteiger partial charge in [-0.05, 0) is 78.8 Å². The molecular weight excluding hydrogens is 302 g/mol. The van der Waals surface area contributed by atoms with Crippen LogP contribution in [0.5, 0.6) is 0 Å². The number of aliphatic hydroxyl groups is 2. The lowest BCUT2D eigenvalue weighted by atomic mass is 9.49. The summed E-state index contributed by atoms with van der Waals surface area (Å²) in [5.74, 6) is 1.78. The van der Waals surface area contributed by atoms with Crippen LogP contribution < -0.4 is 5.73 Å². The molecule has 4 N–H and O–H groups in total. The van der Waals surface area contributed by atoms with E-state index < -0.39 is 6.10 Å². The molecular formula is C20H29NO3. The lowest BCUT2D eigenvalue weighted by Gasteiger charge is -2.56. The molecule has 132 valence electrons. The quantitative estimate of drug-likeness (QED) is 0.691. The van der Waals surface area contributed by atoms with E-state index in [4.69, 9.17) is 5.73 Å². The van der Waals surface area contributed by atoms with Gasteiger partial charge < -0.3 is 15.9 Å². The number of hydrogen-bond donors (Lipinski definition) is 3. The number of rotatable bonds is 1. The van der Waals surface area contributed by atoms with E-state index in [1.54, 1.807) is 0 Å². The van der Waals surface area contributed by atoms with Crippen molar-refractivity contribution in [1.29, 1.82) is 0 Å². The predicted molar refractivity (Wildman–Crippen MR) is 91.8 cm³/mol. The average Bonchev–Trinajstić information content (AvgIpc) is 2.87. The Morgan fingerprint density at radius 1 is 1.33 bits per heavy atom. The summed E-state index contributed by atoms with van der Waals surface area (Å²) in [5, 5.41) is 21.4. The van der Waals surface area contributed by atoms with Gasteiger partial charge in [-0.3, -0.25) is 4.79 Å². The van der Waals surface area contributed by atoms with Gasteiger partial charge in [0.25, 0.3) is 0 Å². The van der Waals surface area contributed by atoms with E-state index in [1.807, 2.05) is 6.08 Å². The van der Waals surface area contributed by atoms with E-state index in [0.29, 0.717) is 29.9 Å². The van der Waals surface area contributed by atoms with Crippen molar-refractivity contribution >= 4 is 5.91 Å². The van der Waals surface area contributed by atoms with Crippen molar-refractivity contribution in [3.8, 4) is 0 Å². The van der Waals surface area contributed by atoms with Crippen LogP contribution in [0.2, 0.25) is 0 Å². The molecule has 5 unspecified atom stereocenters. The van der Waals surface area contributed by atoms with Crippen molar-refractivity contribution in [3.63, 3.8) is 0 Å². The van der Waals surface area contributed by atoms with Crippen molar-refractivity contribution in [1.82, 2.24) is 0 Å². The minimum Gasteiger partial charge on any atom is -0.508 e. The Hall–Kier alpha value is -1.29. The normalized spacial score (nSPS) is 50.2. The lowest BCUT2D eigenvalue weighted by Crippen LogP contribution is -2.55. The molecule has 24 heavy (non-hydrogen) atoms. The van der Waals surface area contributed by atoms with Gasteiger partial charge in [0.1, 0.15) is 5.76 Å². The number of nitrogens with two attached hydrogens (primary N) is 1. The monoisotopic (exact) mass is 331 g/mol. The molecule has 8 atom stereocenters. The first-order valence-corrected chi connectivity index (χ1v) is 9.42. The highest BCUT2D eigenvalue weighted by Crippen LogP contribution is 2.64. The molecule has 4 aliphatic carbocycles. The first-order valence-electron chi connectivity index (χ1n) is 9.42. The maximum atomic E-state index is 11.9. The van der Waals surface area contributed by atoms with Crippen molar-refractivity contribution < 1.29 is 15.0 Å². The average molecular weight is 331 g/mol. The number of carbonyl (C=O) groups excluding carboxylic acids is 1. The van der Waals surface area contributed by atoms with E-state index in [9.17, 15) is 15.0 Å². The summed E-state index contributed by atoms with van der Waals surface area (Å²) >= 11 is 0. The molecule has 0 aromatic carbocycles. The zero-order valence-electron chi connectivity index (χ0n) is 14.6. The SMILES string of the molecule is CC1C=CC(O)=C2CCC3C(C21)[C@@H](O)C[C@@]1(C)C3CC[C@@H]1C(N)=O. The van der Waals surface area contributed by atoms with Crippen LogP contribution in [0.25, 0.3) is 0 Å². The molecule has 0 bridgehead atoms. The third-order valence-corrected chi connectivity index (χ3v) is 7.87. The van der Waals surface area contributed by atoms with Crippen LogP contribution in [0, 0.1) is 40.9 Å². The van der Waals surface area contributed by atoms with Crippen LogP contribution in [0.1, 0.15) is 46.0 Å². The van der Waals surface area contributed by atoms with Crippen LogP contribution >= 0.6 is 0 Å². The van der Waals surface area contributed by atoms with Gasteiger partial charge in [-0.1, -0.05) is 19.9 Å². The first kappa shape index (κ1) is 16.2. The molecule has 0 heterocycles. The Kier molecular flexibility index (Phi) is 3.61. The van der Waals surface area contributed by atoms with Gasteiger partial charge in [0, 0.05) is 5.92 Å². The van der Waals surface area contributed by atoms with Gasteiger partial charge in [-0.2, -0.15) is 0 Å². The fourth-order valence-electron chi connectivity index (χ4n) is 6.93. The third kappa shape index (κ3) is 2.05. The van der Waals surface area contributed by atoms with Crippen LogP contribution in [0.3, 0.4) is 0 Å². The van der Waals surface area contributed by atoms with Crippen molar-refractivity contribution in [3.05, 3.63) is 23.5 Å². The van der Waals surface area contributed by atoms with Gasteiger partial charge in [0.15, 0.2) is 0 Å². The van der Waals surface area contributed by atoms with Crippen LogP contribution in [-0.4, -0.2) is 22.2 Å². The predicted octanol–water partition coefficient (Wildman–Crippen LogP) is 2.93. The Morgan fingerprint density at radius 3 is 2.79 bits per heavy atom. The molecule has 3 saturated carbocycles. The topological polar surface area (TPSA) is 83.6 Å². The smallest absolute Gasteiger partial charge is 0.221 e. The molecule has 0 saturated heterocycles. The molecule has 1 amide bonds. The molecule has 3 fully saturated rings. The second-order valence-corrected chi connectivity index (χ2v) is 8.85. The number of fused-ring (bicyclic) bond motifs is 5. The van der Waals surface area contributed by atoms with Gasteiger partial charge in [0.2, 0.25) is 5.91 Å². The summed E-state index contributed by atoms with van der Waals surface area (Å²) in [6.07, 6.45) is 7.96. The molecule has 4 aliphatic rings. The Bertz CT molecular complexity index is 624. The molecule has 4 rings (SSSR count). The van der Waals surface area contributed by atoms with Crippen LogP contribution in [-0.2, 0) is 4.79 Å². The number of amides is 1. The van der Waals surface area contributed by atoms with Crippen LogP contribution in [0.15, 0.2) is 23.5 Å². The maximum Gasteiger partial charge on any atom is 0.221 e. The zero-order valence-corrected chi connectivity index (χ0v) is 14.6. The Morgan fingerprint density at radius 2 is 2.08 bits per heavy atom. The fraction of sp³-hybridized carbons (Fsp3) is 0.750. The number of allylic oxidation sites excluding steroid dienone is 3. The molecule has 4 heteroatoms. The fourth-order valence-corrected chi connectivity index (χ4v) is 6.93. The van der Waals surface area contributed by atoms with Gasteiger partial charge >= 0.3 is 0 Å². The summed E-state index contributed by atoms with van der Waals surface area (Å²) in [7, 11) is 0. The largest absolute Gasteiger partial charge is 0.508 e. The highest BCUT2D eigenvalue weighted by molar-refractivity contribution is 5.78. The molecule has 0 spiro atoms. The Balaban J connectivity index is 1.71. The number of carbonyl (C=O) groups is 1. The molecule has 0 aromatic rings. The summed E-state index contributed by atoms with van der Waals surface area (Å²) in [5.41, 5.74) is 6.65.